The van der Waals surface area contributed by atoms with E-state index in [1.165, 1.54) is 25.1 Å². The molecule has 2 heterocycles. The minimum Gasteiger partial charge on any atom is -0.504 e. The van der Waals surface area contributed by atoms with Crippen LogP contribution in [0.15, 0.2) is 59.7 Å². The minimum atomic E-state index is -1.47. The first-order valence-electron chi connectivity index (χ1n) is 14.2. The highest BCUT2D eigenvalue weighted by atomic mass is 35.5. The fourth-order valence-electron chi connectivity index (χ4n) is 5.46. The molecule has 0 spiro atoms. The molecule has 238 valence electrons. The van der Waals surface area contributed by atoms with Crippen LogP contribution in [0.4, 0.5) is 0 Å². The summed E-state index contributed by atoms with van der Waals surface area (Å²) < 4.78 is 27.9. The number of hydrogen-bond acceptors (Lipinski definition) is 11. The quantitative estimate of drug-likeness (QED) is 0.175. The second kappa shape index (κ2) is 13.8. The Balaban J connectivity index is 1.16. The molecule has 2 aliphatic heterocycles. The van der Waals surface area contributed by atoms with Crippen LogP contribution in [0, 0.1) is 0 Å². The van der Waals surface area contributed by atoms with Gasteiger partial charge in [-0.05, 0) is 61.4 Å². The summed E-state index contributed by atoms with van der Waals surface area (Å²) in [7, 11) is 0. The molecule has 1 aliphatic carbocycles. The monoisotopic (exact) mass is 633 g/mol. The summed E-state index contributed by atoms with van der Waals surface area (Å²) in [5, 5.41) is 55.6. The van der Waals surface area contributed by atoms with Crippen molar-refractivity contribution in [2.75, 3.05) is 13.4 Å². The predicted molar refractivity (Wildman–Crippen MR) is 157 cm³/mol. The number of carbonyl (C=O) groups excluding carboxylic acids is 1. The predicted octanol–water partition coefficient (Wildman–Crippen LogP) is 1.65. The molecule has 0 radical (unpaired) electrons. The van der Waals surface area contributed by atoms with E-state index >= 15 is 0 Å². The number of rotatable bonds is 9. The molecule has 0 bridgehead atoms. The van der Waals surface area contributed by atoms with Crippen LogP contribution in [0.1, 0.15) is 25.8 Å². The molecule has 12 nitrogen and oxygen atoms in total. The van der Waals surface area contributed by atoms with Crippen molar-refractivity contribution in [3.8, 4) is 17.2 Å². The lowest BCUT2D eigenvalue weighted by Gasteiger charge is -2.41. The van der Waals surface area contributed by atoms with Gasteiger partial charge < -0.3 is 54.5 Å². The molecular formula is C31H36ClNO11. The third kappa shape index (κ3) is 7.03. The van der Waals surface area contributed by atoms with E-state index in [0.29, 0.717) is 16.3 Å². The van der Waals surface area contributed by atoms with Crippen LogP contribution in [-0.4, -0.2) is 99.9 Å². The second-order valence-electron chi connectivity index (χ2n) is 11.0. The third-order valence-electron chi connectivity index (χ3n) is 7.90. The summed E-state index contributed by atoms with van der Waals surface area (Å²) in [6.07, 6.45) is -4.70. The number of halogens is 1. The van der Waals surface area contributed by atoms with Crippen molar-refractivity contribution in [1.82, 2.24) is 5.32 Å². The van der Waals surface area contributed by atoms with Gasteiger partial charge in [0.1, 0.15) is 55.8 Å². The molecule has 9 atom stereocenters. The number of nitrogens with one attached hydrogen (secondary N) is 1. The largest absolute Gasteiger partial charge is 0.504 e. The van der Waals surface area contributed by atoms with Gasteiger partial charge in [0, 0.05) is 12.0 Å². The number of carbonyl (C=O) groups is 1. The molecule has 13 heteroatoms. The lowest BCUT2D eigenvalue weighted by atomic mass is 9.83. The standard InChI is InChI=1S/C31H36ClNO11/c1-15(9-10-40-21-6-4-3-5-18(21)32)28-20(35)13-23(44-28)43-22-8-7-17(12-19(22)34)11-16(2)31(39)33-24-25(36)27(38)30-29(26(24)37)41-14-42-30/h3-9,11-12,20,23-30,34-38H,10,13-14H2,1-2H3,(H,33,39)/b15-9+,16-11+/t20-,23+,24+,25-,26+,27+,28+,29-,30+/m0/s1. The van der Waals surface area contributed by atoms with Crippen LogP contribution in [0.5, 0.6) is 17.2 Å². The molecule has 2 aromatic rings. The number of aliphatic hydroxyl groups excluding tert-OH is 4. The molecule has 44 heavy (non-hydrogen) atoms. The first kappa shape index (κ1) is 32.2. The SMILES string of the molecule is C/C(=C\c1ccc(O[C@H]2C[C@H](O)[C@@H](/C(C)=C/COc3ccccc3Cl)O2)c(O)c1)C(=O)N[C@@H]1[C@H](O)[C@@H](O)[C@H]2OCO[C@H]2[C@@H]1O. The van der Waals surface area contributed by atoms with Gasteiger partial charge in [-0.3, -0.25) is 4.79 Å². The maximum absolute atomic E-state index is 12.9. The van der Waals surface area contributed by atoms with E-state index in [4.69, 9.17) is 35.3 Å². The molecule has 2 saturated heterocycles. The maximum atomic E-state index is 12.9. The topological polar surface area (TPSA) is 176 Å². The van der Waals surface area contributed by atoms with Gasteiger partial charge in [-0.15, -0.1) is 0 Å². The van der Waals surface area contributed by atoms with Gasteiger partial charge >= 0.3 is 0 Å². The third-order valence-corrected chi connectivity index (χ3v) is 8.21. The van der Waals surface area contributed by atoms with Gasteiger partial charge in [-0.2, -0.15) is 0 Å². The smallest absolute Gasteiger partial charge is 0.247 e. The number of hydrogen-bond donors (Lipinski definition) is 6. The first-order chi connectivity index (χ1) is 21.0. The van der Waals surface area contributed by atoms with Crippen LogP contribution in [0.25, 0.3) is 6.08 Å². The highest BCUT2D eigenvalue weighted by Crippen LogP contribution is 2.34. The molecule has 3 fully saturated rings. The second-order valence-corrected chi connectivity index (χ2v) is 11.4. The van der Waals surface area contributed by atoms with Gasteiger partial charge in [0.2, 0.25) is 12.2 Å². The molecule has 5 rings (SSSR count). The van der Waals surface area contributed by atoms with E-state index in [2.05, 4.69) is 5.32 Å². The fraction of sp³-hybridized carbons (Fsp3) is 0.452. The highest BCUT2D eigenvalue weighted by Gasteiger charge is 2.53. The lowest BCUT2D eigenvalue weighted by Crippen LogP contribution is -2.67. The van der Waals surface area contributed by atoms with E-state index in [1.54, 1.807) is 24.3 Å². The molecule has 1 saturated carbocycles. The van der Waals surface area contributed by atoms with E-state index in [-0.39, 0.29) is 36.9 Å². The van der Waals surface area contributed by atoms with Crippen molar-refractivity contribution in [3.05, 3.63) is 70.3 Å². The Kier molecular flexibility index (Phi) is 10.1. The zero-order chi connectivity index (χ0) is 31.5. The van der Waals surface area contributed by atoms with Crippen LogP contribution in [0.2, 0.25) is 5.02 Å². The summed E-state index contributed by atoms with van der Waals surface area (Å²) in [6.45, 7) is 3.43. The molecule has 1 amide bonds. The Morgan fingerprint density at radius 3 is 2.48 bits per heavy atom. The summed E-state index contributed by atoms with van der Waals surface area (Å²) in [5.41, 5.74) is 1.44. The fourth-order valence-corrected chi connectivity index (χ4v) is 5.65. The van der Waals surface area contributed by atoms with Crippen molar-refractivity contribution >= 4 is 23.6 Å². The number of phenols is 1. The van der Waals surface area contributed by atoms with Gasteiger partial charge in [-0.1, -0.05) is 29.8 Å². The van der Waals surface area contributed by atoms with Gasteiger partial charge in [0.05, 0.1) is 17.2 Å². The summed E-state index contributed by atoms with van der Waals surface area (Å²) in [4.78, 5) is 12.9. The van der Waals surface area contributed by atoms with Crippen molar-refractivity contribution in [2.45, 2.75) is 75.3 Å². The van der Waals surface area contributed by atoms with E-state index in [1.807, 2.05) is 19.1 Å². The average Bonchev–Trinajstić information content (AvgIpc) is 3.63. The number of aromatic hydroxyl groups is 1. The van der Waals surface area contributed by atoms with Crippen LogP contribution >= 0.6 is 11.6 Å². The number of para-hydroxylation sites is 1. The lowest BCUT2D eigenvalue weighted by molar-refractivity contribution is -0.155. The summed E-state index contributed by atoms with van der Waals surface area (Å²) in [6, 6.07) is 10.5. The number of benzene rings is 2. The maximum Gasteiger partial charge on any atom is 0.247 e. The van der Waals surface area contributed by atoms with E-state index in [9.17, 15) is 30.3 Å². The van der Waals surface area contributed by atoms with Gasteiger partial charge in [-0.25, -0.2) is 0 Å². The molecule has 0 unspecified atom stereocenters. The summed E-state index contributed by atoms with van der Waals surface area (Å²) in [5.74, 6) is -0.134. The normalized spacial score (nSPS) is 32.3. The Bertz CT molecular complexity index is 1400. The van der Waals surface area contributed by atoms with Crippen molar-refractivity contribution in [1.29, 1.82) is 0 Å². The molecule has 6 N–H and O–H groups in total. The van der Waals surface area contributed by atoms with Crippen molar-refractivity contribution < 1.29 is 54.0 Å². The molecule has 3 aliphatic rings. The van der Waals surface area contributed by atoms with Crippen molar-refractivity contribution in [3.63, 3.8) is 0 Å². The number of fused-ring (bicyclic) bond motifs is 1. The number of phenolic OH excluding ortho intramolecular Hbond substituents is 1. The van der Waals surface area contributed by atoms with Gasteiger partial charge in [0.25, 0.3) is 0 Å². The summed E-state index contributed by atoms with van der Waals surface area (Å²) >= 11 is 6.11. The van der Waals surface area contributed by atoms with E-state index in [0.717, 1.165) is 5.57 Å². The molecule has 2 aromatic carbocycles. The number of ether oxygens (including phenoxy) is 5. The molecular weight excluding hydrogens is 598 g/mol. The average molecular weight is 634 g/mol. The molecule has 0 aromatic heterocycles. The number of aliphatic hydroxyl groups is 4. The first-order valence-corrected chi connectivity index (χ1v) is 14.5. The Morgan fingerprint density at radius 1 is 1.02 bits per heavy atom. The Hall–Kier alpha value is -3.20. The Labute approximate surface area is 259 Å². The van der Waals surface area contributed by atoms with Gasteiger partial charge in [0.15, 0.2) is 11.5 Å². The van der Waals surface area contributed by atoms with Crippen LogP contribution in [-0.2, 0) is 19.0 Å². The zero-order valence-corrected chi connectivity index (χ0v) is 24.8. The number of amides is 1. The van der Waals surface area contributed by atoms with Crippen LogP contribution in [0.3, 0.4) is 0 Å². The Morgan fingerprint density at radius 2 is 1.75 bits per heavy atom. The van der Waals surface area contributed by atoms with E-state index < -0.39 is 61.0 Å². The minimum absolute atomic E-state index is 0.126. The highest BCUT2D eigenvalue weighted by molar-refractivity contribution is 6.32. The van der Waals surface area contributed by atoms with Crippen molar-refractivity contribution in [2.24, 2.45) is 0 Å². The zero-order valence-electron chi connectivity index (χ0n) is 24.1. The van der Waals surface area contributed by atoms with Crippen LogP contribution < -0.4 is 14.8 Å².